The molecule has 28 heavy (non-hydrogen) atoms. The molecule has 0 saturated heterocycles. The molecule has 0 unspecified atom stereocenters. The van der Waals surface area contributed by atoms with Gasteiger partial charge in [-0.05, 0) is 85.6 Å². The van der Waals surface area contributed by atoms with Crippen LogP contribution in [0.4, 0.5) is 15.8 Å². The molecule has 1 amide bonds. The van der Waals surface area contributed by atoms with Crippen LogP contribution in [0.2, 0.25) is 0 Å². The summed E-state index contributed by atoms with van der Waals surface area (Å²) >= 11 is 0. The van der Waals surface area contributed by atoms with Crippen molar-refractivity contribution in [3.63, 3.8) is 0 Å². The fourth-order valence-electron chi connectivity index (χ4n) is 2.54. The number of halogens is 1. The van der Waals surface area contributed by atoms with Gasteiger partial charge in [0.05, 0.1) is 4.90 Å². The molecule has 3 aromatic rings. The van der Waals surface area contributed by atoms with E-state index in [4.69, 9.17) is 0 Å². The molecule has 144 valence electrons. The Labute approximate surface area is 163 Å². The molecule has 0 heterocycles. The minimum absolute atomic E-state index is 0.0745. The van der Waals surface area contributed by atoms with Crippen LogP contribution in [0, 0.1) is 19.7 Å². The summed E-state index contributed by atoms with van der Waals surface area (Å²) < 4.78 is 40.6. The standard InChI is InChI=1S/C21H19FN2O3S/c1-14-3-8-19(13-15(14)2)24-28(26,27)20-11-9-18(10-12-20)23-21(25)16-4-6-17(22)7-5-16/h3-13,24H,1-2H3,(H,23,25). The molecule has 7 heteroatoms. The summed E-state index contributed by atoms with van der Waals surface area (Å²) in [7, 11) is -3.75. The molecule has 0 atom stereocenters. The van der Waals surface area contributed by atoms with Crippen molar-refractivity contribution in [1.82, 2.24) is 0 Å². The molecule has 2 N–H and O–H groups in total. The average molecular weight is 398 g/mol. The normalized spacial score (nSPS) is 11.1. The van der Waals surface area contributed by atoms with Gasteiger partial charge in [0, 0.05) is 16.9 Å². The number of aryl methyl sites for hydroxylation is 2. The lowest BCUT2D eigenvalue weighted by atomic mass is 10.1. The van der Waals surface area contributed by atoms with Crippen molar-refractivity contribution < 1.29 is 17.6 Å². The summed E-state index contributed by atoms with van der Waals surface area (Å²) in [6.45, 7) is 3.86. The molecule has 0 aliphatic carbocycles. The Hall–Kier alpha value is -3.19. The predicted octanol–water partition coefficient (Wildman–Crippen LogP) is 4.50. The molecule has 0 bridgehead atoms. The van der Waals surface area contributed by atoms with Gasteiger partial charge in [0.1, 0.15) is 5.82 Å². The van der Waals surface area contributed by atoms with E-state index in [1.807, 2.05) is 19.9 Å². The second kappa shape index (κ2) is 7.82. The van der Waals surface area contributed by atoms with Crippen molar-refractivity contribution in [1.29, 1.82) is 0 Å². The largest absolute Gasteiger partial charge is 0.322 e. The number of rotatable bonds is 5. The van der Waals surface area contributed by atoms with Gasteiger partial charge in [-0.25, -0.2) is 12.8 Å². The number of hydrogen-bond acceptors (Lipinski definition) is 3. The van der Waals surface area contributed by atoms with Crippen LogP contribution in [0.15, 0.2) is 71.6 Å². The highest BCUT2D eigenvalue weighted by Crippen LogP contribution is 2.20. The second-order valence-electron chi connectivity index (χ2n) is 6.39. The van der Waals surface area contributed by atoms with Crippen molar-refractivity contribution in [3.8, 4) is 0 Å². The fourth-order valence-corrected chi connectivity index (χ4v) is 3.59. The summed E-state index contributed by atoms with van der Waals surface area (Å²) in [5.74, 6) is -0.841. The number of hydrogen-bond donors (Lipinski definition) is 2. The van der Waals surface area contributed by atoms with Gasteiger partial charge in [0.2, 0.25) is 0 Å². The van der Waals surface area contributed by atoms with Gasteiger partial charge < -0.3 is 5.32 Å². The van der Waals surface area contributed by atoms with Crippen LogP contribution in [-0.4, -0.2) is 14.3 Å². The van der Waals surface area contributed by atoms with Crippen molar-refractivity contribution in [2.75, 3.05) is 10.0 Å². The summed E-state index contributed by atoms with van der Waals surface area (Å²) in [5.41, 5.74) is 3.27. The number of carbonyl (C=O) groups excluding carboxylic acids is 1. The molecule has 0 fully saturated rings. The minimum Gasteiger partial charge on any atom is -0.322 e. The van der Waals surface area contributed by atoms with E-state index in [0.29, 0.717) is 16.9 Å². The van der Waals surface area contributed by atoms with E-state index in [1.54, 1.807) is 12.1 Å². The maximum Gasteiger partial charge on any atom is 0.261 e. The van der Waals surface area contributed by atoms with Crippen LogP contribution in [0.3, 0.4) is 0 Å². The second-order valence-corrected chi connectivity index (χ2v) is 8.07. The molecule has 0 aliphatic rings. The molecular weight excluding hydrogens is 379 g/mol. The lowest BCUT2D eigenvalue weighted by molar-refractivity contribution is 0.102. The lowest BCUT2D eigenvalue weighted by Gasteiger charge is -2.11. The Bertz CT molecular complexity index is 1110. The average Bonchev–Trinajstić information content (AvgIpc) is 2.65. The van der Waals surface area contributed by atoms with E-state index >= 15 is 0 Å². The molecule has 0 radical (unpaired) electrons. The summed E-state index contributed by atoms with van der Waals surface area (Å²) in [6.07, 6.45) is 0. The summed E-state index contributed by atoms with van der Waals surface area (Å²) in [4.78, 5) is 12.2. The van der Waals surface area contributed by atoms with Crippen LogP contribution in [0.1, 0.15) is 21.5 Å². The number of amides is 1. The maximum atomic E-state index is 12.9. The number of benzene rings is 3. The quantitative estimate of drug-likeness (QED) is 0.665. The third-order valence-electron chi connectivity index (χ3n) is 4.29. The number of sulfonamides is 1. The molecule has 0 aromatic heterocycles. The van der Waals surface area contributed by atoms with E-state index in [1.165, 1.54) is 48.5 Å². The first kappa shape index (κ1) is 19.6. The summed E-state index contributed by atoms with van der Waals surface area (Å²) in [5, 5.41) is 2.64. The Balaban J connectivity index is 1.72. The Morgan fingerprint density at radius 1 is 0.821 bits per heavy atom. The number of anilines is 2. The van der Waals surface area contributed by atoms with Gasteiger partial charge in [-0.2, -0.15) is 0 Å². The van der Waals surface area contributed by atoms with Crippen molar-refractivity contribution in [2.24, 2.45) is 0 Å². The van der Waals surface area contributed by atoms with Crippen molar-refractivity contribution >= 4 is 27.3 Å². The third kappa shape index (κ3) is 4.55. The van der Waals surface area contributed by atoms with Crippen molar-refractivity contribution in [3.05, 3.63) is 89.2 Å². The van der Waals surface area contributed by atoms with Gasteiger partial charge in [-0.1, -0.05) is 6.07 Å². The topological polar surface area (TPSA) is 75.3 Å². The highest BCUT2D eigenvalue weighted by atomic mass is 32.2. The molecular formula is C21H19FN2O3S. The monoisotopic (exact) mass is 398 g/mol. The van der Waals surface area contributed by atoms with Crippen LogP contribution >= 0.6 is 0 Å². The van der Waals surface area contributed by atoms with E-state index in [0.717, 1.165) is 11.1 Å². The van der Waals surface area contributed by atoms with Crippen molar-refractivity contribution in [2.45, 2.75) is 18.7 Å². The lowest BCUT2D eigenvalue weighted by Crippen LogP contribution is -2.14. The van der Waals surface area contributed by atoms with Crippen LogP contribution < -0.4 is 10.0 Å². The molecule has 0 saturated carbocycles. The zero-order valence-corrected chi connectivity index (χ0v) is 16.2. The van der Waals surface area contributed by atoms with E-state index in [9.17, 15) is 17.6 Å². The molecule has 0 aliphatic heterocycles. The van der Waals surface area contributed by atoms with Gasteiger partial charge in [0.15, 0.2) is 0 Å². The highest BCUT2D eigenvalue weighted by molar-refractivity contribution is 7.92. The first-order valence-electron chi connectivity index (χ1n) is 8.52. The van der Waals surface area contributed by atoms with E-state index in [-0.39, 0.29) is 4.90 Å². The fraction of sp³-hybridized carbons (Fsp3) is 0.0952. The van der Waals surface area contributed by atoms with E-state index < -0.39 is 21.7 Å². The Morgan fingerprint density at radius 3 is 2.04 bits per heavy atom. The Kier molecular flexibility index (Phi) is 5.46. The van der Waals surface area contributed by atoms with Crippen LogP contribution in [0.25, 0.3) is 0 Å². The van der Waals surface area contributed by atoms with Gasteiger partial charge in [-0.15, -0.1) is 0 Å². The van der Waals surface area contributed by atoms with Gasteiger partial charge in [0.25, 0.3) is 15.9 Å². The SMILES string of the molecule is Cc1ccc(NS(=O)(=O)c2ccc(NC(=O)c3ccc(F)cc3)cc2)cc1C. The predicted molar refractivity (Wildman–Crippen MR) is 108 cm³/mol. The van der Waals surface area contributed by atoms with E-state index in [2.05, 4.69) is 10.0 Å². The zero-order valence-electron chi connectivity index (χ0n) is 15.4. The van der Waals surface area contributed by atoms with Gasteiger partial charge in [-0.3, -0.25) is 9.52 Å². The zero-order chi connectivity index (χ0) is 20.3. The molecule has 3 rings (SSSR count). The first-order chi connectivity index (χ1) is 13.2. The third-order valence-corrected chi connectivity index (χ3v) is 5.69. The number of carbonyl (C=O) groups is 1. The highest BCUT2D eigenvalue weighted by Gasteiger charge is 2.15. The minimum atomic E-state index is -3.75. The maximum absolute atomic E-state index is 12.9. The van der Waals surface area contributed by atoms with Crippen LogP contribution in [-0.2, 0) is 10.0 Å². The molecule has 0 spiro atoms. The Morgan fingerprint density at radius 2 is 1.43 bits per heavy atom. The summed E-state index contributed by atoms with van der Waals surface area (Å²) in [6, 6.07) is 16.3. The number of nitrogens with one attached hydrogen (secondary N) is 2. The smallest absolute Gasteiger partial charge is 0.261 e. The first-order valence-corrected chi connectivity index (χ1v) is 10.00. The van der Waals surface area contributed by atoms with Crippen LogP contribution in [0.5, 0.6) is 0 Å². The van der Waals surface area contributed by atoms with Gasteiger partial charge >= 0.3 is 0 Å². The molecule has 5 nitrogen and oxygen atoms in total. The molecule has 3 aromatic carbocycles.